The highest BCUT2D eigenvalue weighted by molar-refractivity contribution is 6.21. The van der Waals surface area contributed by atoms with Crippen molar-refractivity contribution in [2.45, 2.75) is 71.1 Å². The molecule has 0 N–H and O–H groups in total. The zero-order valence-corrected chi connectivity index (χ0v) is 21.7. The van der Waals surface area contributed by atoms with Crippen LogP contribution in [0.15, 0.2) is 41.4 Å². The molecule has 2 heterocycles. The molecule has 2 aliphatic rings. The minimum atomic E-state index is -0.263. The van der Waals surface area contributed by atoms with Crippen molar-refractivity contribution in [1.82, 2.24) is 4.90 Å². The molecule has 0 atom stereocenters. The lowest BCUT2D eigenvalue weighted by Crippen LogP contribution is -2.33. The van der Waals surface area contributed by atoms with Crippen molar-refractivity contribution < 1.29 is 19.1 Å². The standard InChI is InChI=1S/C30H38N2O4/c1-3-4-5-6-7-8-9-10-15-26-22-16-17-27(35-2)28(23(22)18-19-31-26)36-21-20-32-29(33)24-13-11-12-14-25(24)30(32)34/h11-14,16-17H,3-10,15,18-21H2,1-2H3. The number of rotatable bonds is 14. The summed E-state index contributed by atoms with van der Waals surface area (Å²) in [4.78, 5) is 31.4. The van der Waals surface area contributed by atoms with Gasteiger partial charge in [-0.1, -0.05) is 64.0 Å². The van der Waals surface area contributed by atoms with E-state index >= 15 is 0 Å². The molecule has 6 heteroatoms. The van der Waals surface area contributed by atoms with E-state index in [4.69, 9.17) is 14.5 Å². The van der Waals surface area contributed by atoms with Crippen LogP contribution in [0, 0.1) is 0 Å². The van der Waals surface area contributed by atoms with Crippen LogP contribution in [-0.4, -0.2) is 49.2 Å². The van der Waals surface area contributed by atoms with Gasteiger partial charge >= 0.3 is 0 Å². The molecule has 0 saturated carbocycles. The zero-order chi connectivity index (χ0) is 25.3. The van der Waals surface area contributed by atoms with Crippen molar-refractivity contribution in [3.63, 3.8) is 0 Å². The summed E-state index contributed by atoms with van der Waals surface area (Å²) >= 11 is 0. The van der Waals surface area contributed by atoms with Crippen LogP contribution >= 0.6 is 0 Å². The van der Waals surface area contributed by atoms with Crippen molar-refractivity contribution in [2.75, 3.05) is 26.8 Å². The number of ether oxygens (including phenoxy) is 2. The van der Waals surface area contributed by atoms with Crippen LogP contribution in [0.2, 0.25) is 0 Å². The Morgan fingerprint density at radius 1 is 0.861 bits per heavy atom. The lowest BCUT2D eigenvalue weighted by atomic mass is 9.93. The van der Waals surface area contributed by atoms with Crippen molar-refractivity contribution in [1.29, 1.82) is 0 Å². The summed E-state index contributed by atoms with van der Waals surface area (Å²) in [5, 5.41) is 0. The van der Waals surface area contributed by atoms with Gasteiger partial charge in [0.15, 0.2) is 11.5 Å². The second-order valence-corrected chi connectivity index (χ2v) is 9.58. The van der Waals surface area contributed by atoms with Gasteiger partial charge in [-0.15, -0.1) is 0 Å². The number of carbonyl (C=O) groups excluding carboxylic acids is 2. The van der Waals surface area contributed by atoms with Crippen molar-refractivity contribution in [3.05, 3.63) is 58.7 Å². The molecule has 2 amide bonds. The van der Waals surface area contributed by atoms with E-state index in [0.29, 0.717) is 22.6 Å². The van der Waals surface area contributed by atoms with Crippen molar-refractivity contribution >= 4 is 17.5 Å². The topological polar surface area (TPSA) is 68.2 Å². The average molecular weight is 491 g/mol. The van der Waals surface area contributed by atoms with E-state index in [1.165, 1.54) is 49.8 Å². The monoisotopic (exact) mass is 490 g/mol. The van der Waals surface area contributed by atoms with E-state index in [1.54, 1.807) is 31.4 Å². The van der Waals surface area contributed by atoms with Gasteiger partial charge in [0, 0.05) is 23.4 Å². The molecule has 0 saturated heterocycles. The molecular formula is C30H38N2O4. The highest BCUT2D eigenvalue weighted by atomic mass is 16.5. The quantitative estimate of drug-likeness (QED) is 0.232. The van der Waals surface area contributed by atoms with E-state index in [9.17, 15) is 9.59 Å². The first-order chi connectivity index (χ1) is 17.7. The minimum Gasteiger partial charge on any atom is -0.493 e. The van der Waals surface area contributed by atoms with Gasteiger partial charge < -0.3 is 9.47 Å². The number of methoxy groups -OCH3 is 1. The van der Waals surface area contributed by atoms with Crippen molar-refractivity contribution in [3.8, 4) is 11.5 Å². The Morgan fingerprint density at radius 2 is 1.53 bits per heavy atom. The number of carbonyl (C=O) groups is 2. The number of benzene rings is 2. The molecule has 2 aliphatic heterocycles. The Hall–Kier alpha value is -3.15. The molecule has 0 spiro atoms. The summed E-state index contributed by atoms with van der Waals surface area (Å²) in [5.74, 6) is 0.849. The molecule has 4 rings (SSSR count). The number of fused-ring (bicyclic) bond motifs is 2. The fourth-order valence-electron chi connectivity index (χ4n) is 5.15. The number of nitrogens with zero attached hydrogens (tertiary/aromatic N) is 2. The normalized spacial score (nSPS) is 14.5. The molecule has 0 bridgehead atoms. The van der Waals surface area contributed by atoms with Gasteiger partial charge in [-0.25, -0.2) is 0 Å². The van der Waals surface area contributed by atoms with Gasteiger partial charge in [0.25, 0.3) is 11.8 Å². The summed E-state index contributed by atoms with van der Waals surface area (Å²) < 4.78 is 11.8. The third-order valence-electron chi connectivity index (χ3n) is 7.13. The number of aliphatic imine (C=N–C) groups is 1. The number of hydrogen-bond donors (Lipinski definition) is 0. The van der Waals surface area contributed by atoms with E-state index < -0.39 is 0 Å². The maximum Gasteiger partial charge on any atom is 0.261 e. The third-order valence-corrected chi connectivity index (χ3v) is 7.13. The molecule has 0 radical (unpaired) electrons. The highest BCUT2D eigenvalue weighted by Gasteiger charge is 2.35. The van der Waals surface area contributed by atoms with Gasteiger partial charge in [0.2, 0.25) is 0 Å². The number of imide groups is 1. The van der Waals surface area contributed by atoms with Crippen LogP contribution in [-0.2, 0) is 6.42 Å². The Bertz CT molecular complexity index is 1070. The first-order valence-corrected chi connectivity index (χ1v) is 13.5. The second-order valence-electron chi connectivity index (χ2n) is 9.58. The molecule has 6 nitrogen and oxygen atoms in total. The van der Waals surface area contributed by atoms with Gasteiger partial charge in [-0.05, 0) is 43.5 Å². The predicted molar refractivity (Wildman–Crippen MR) is 143 cm³/mol. The van der Waals surface area contributed by atoms with Crippen LogP contribution in [0.3, 0.4) is 0 Å². The van der Waals surface area contributed by atoms with Crippen molar-refractivity contribution in [2.24, 2.45) is 4.99 Å². The molecule has 2 aromatic rings. The largest absolute Gasteiger partial charge is 0.493 e. The smallest absolute Gasteiger partial charge is 0.261 e. The Labute approximate surface area is 214 Å². The number of hydrogen-bond acceptors (Lipinski definition) is 5. The minimum absolute atomic E-state index is 0.193. The molecule has 192 valence electrons. The third kappa shape index (κ3) is 5.80. The lowest BCUT2D eigenvalue weighted by molar-refractivity contribution is 0.0630. The van der Waals surface area contributed by atoms with Crippen LogP contribution in [0.1, 0.15) is 96.6 Å². The molecule has 0 fully saturated rings. The van der Waals surface area contributed by atoms with Crippen LogP contribution in [0.5, 0.6) is 11.5 Å². The number of amides is 2. The van der Waals surface area contributed by atoms with Crippen LogP contribution < -0.4 is 9.47 Å². The SMILES string of the molecule is CCCCCCCCCCC1=NCCc2c1ccc(OC)c2OCCN1C(=O)c2ccccc2C1=O. The Balaban J connectivity index is 1.35. The van der Waals surface area contributed by atoms with Gasteiger partial charge in [-0.3, -0.25) is 19.5 Å². The fraction of sp³-hybridized carbons (Fsp3) is 0.500. The zero-order valence-electron chi connectivity index (χ0n) is 21.7. The molecule has 0 aliphatic carbocycles. The molecule has 36 heavy (non-hydrogen) atoms. The molecule has 2 aromatic carbocycles. The summed E-state index contributed by atoms with van der Waals surface area (Å²) in [6, 6.07) is 11.0. The Morgan fingerprint density at radius 3 is 2.19 bits per heavy atom. The van der Waals surface area contributed by atoms with E-state index in [-0.39, 0.29) is 25.0 Å². The fourth-order valence-corrected chi connectivity index (χ4v) is 5.15. The molecule has 0 unspecified atom stereocenters. The van der Waals surface area contributed by atoms with E-state index in [0.717, 1.165) is 42.6 Å². The van der Waals surface area contributed by atoms with E-state index in [1.807, 2.05) is 6.07 Å². The average Bonchev–Trinajstić information content (AvgIpc) is 3.15. The first kappa shape index (κ1) is 25.9. The predicted octanol–water partition coefficient (Wildman–Crippen LogP) is 6.25. The van der Waals surface area contributed by atoms with Crippen LogP contribution in [0.4, 0.5) is 0 Å². The van der Waals surface area contributed by atoms with Gasteiger partial charge in [-0.2, -0.15) is 0 Å². The Kier molecular flexibility index (Phi) is 9.15. The summed E-state index contributed by atoms with van der Waals surface area (Å²) in [7, 11) is 1.64. The molecule has 0 aromatic heterocycles. The summed E-state index contributed by atoms with van der Waals surface area (Å²) in [5.41, 5.74) is 4.31. The van der Waals surface area contributed by atoms with E-state index in [2.05, 4.69) is 13.0 Å². The summed E-state index contributed by atoms with van der Waals surface area (Å²) in [6.07, 6.45) is 12.1. The summed E-state index contributed by atoms with van der Waals surface area (Å²) in [6.45, 7) is 3.39. The highest BCUT2D eigenvalue weighted by Crippen LogP contribution is 2.37. The second kappa shape index (κ2) is 12.7. The first-order valence-electron chi connectivity index (χ1n) is 13.5. The van der Waals surface area contributed by atoms with Gasteiger partial charge in [0.05, 0.1) is 24.8 Å². The molecular weight excluding hydrogens is 452 g/mol. The van der Waals surface area contributed by atoms with Crippen LogP contribution in [0.25, 0.3) is 0 Å². The lowest BCUT2D eigenvalue weighted by Gasteiger charge is -2.23. The maximum atomic E-state index is 12.7. The van der Waals surface area contributed by atoms with Gasteiger partial charge in [0.1, 0.15) is 6.61 Å². The maximum absolute atomic E-state index is 12.7. The number of unbranched alkanes of at least 4 members (excludes halogenated alkanes) is 7.